The molecule has 0 amide bonds. The van der Waals surface area contributed by atoms with Gasteiger partial charge in [-0.25, -0.2) is 17.2 Å². The highest BCUT2D eigenvalue weighted by Gasteiger charge is 2.35. The number of hydrogen-bond acceptors (Lipinski definition) is 3. The Kier molecular flexibility index (Phi) is 4.41. The lowest BCUT2D eigenvalue weighted by Crippen LogP contribution is -2.41. The van der Waals surface area contributed by atoms with Crippen molar-refractivity contribution in [3.05, 3.63) is 29.8 Å². The van der Waals surface area contributed by atoms with E-state index in [4.69, 9.17) is 0 Å². The normalized spacial score (nSPS) is 20.8. The molecule has 0 aliphatic carbocycles. The number of nitrogens with zero attached hydrogens (tertiary/aromatic N) is 2. The van der Waals surface area contributed by atoms with Crippen molar-refractivity contribution in [3.8, 4) is 0 Å². The summed E-state index contributed by atoms with van der Waals surface area (Å²) in [5.41, 5.74) is 0. The second kappa shape index (κ2) is 5.75. The van der Waals surface area contributed by atoms with Gasteiger partial charge in [-0.15, -0.1) is 0 Å². The monoisotopic (exact) mass is 304 g/mol. The zero-order valence-electron chi connectivity index (χ0n) is 11.5. The summed E-state index contributed by atoms with van der Waals surface area (Å²) in [5.74, 6) is -1.76. The standard InChI is InChI=1S/C13H18F2N2O2S/c1-16(2)9-12-4-3-5-17(12)20(18,19)13-7-10(14)6-11(15)8-13/h6-8,12H,3-5,9H2,1-2H3. The van der Waals surface area contributed by atoms with E-state index in [1.54, 1.807) is 0 Å². The summed E-state index contributed by atoms with van der Waals surface area (Å²) in [7, 11) is -0.120. The van der Waals surface area contributed by atoms with Crippen LogP contribution in [0.5, 0.6) is 0 Å². The molecule has 1 aromatic rings. The zero-order valence-corrected chi connectivity index (χ0v) is 12.3. The molecule has 0 aromatic heterocycles. The third-order valence-electron chi connectivity index (χ3n) is 3.34. The van der Waals surface area contributed by atoms with Crippen molar-refractivity contribution < 1.29 is 17.2 Å². The first kappa shape index (κ1) is 15.3. The maximum atomic E-state index is 13.2. The van der Waals surface area contributed by atoms with Gasteiger partial charge in [-0.1, -0.05) is 0 Å². The molecule has 7 heteroatoms. The number of benzene rings is 1. The largest absolute Gasteiger partial charge is 0.308 e. The van der Waals surface area contributed by atoms with Crippen molar-refractivity contribution in [3.63, 3.8) is 0 Å². The van der Waals surface area contributed by atoms with E-state index in [1.165, 1.54) is 4.31 Å². The van der Waals surface area contributed by atoms with Gasteiger partial charge in [0.1, 0.15) is 11.6 Å². The highest BCUT2D eigenvalue weighted by atomic mass is 32.2. The number of halogens is 2. The Bertz CT molecular complexity index is 570. The van der Waals surface area contributed by atoms with Crippen LogP contribution in [0.4, 0.5) is 8.78 Å². The van der Waals surface area contributed by atoms with Gasteiger partial charge in [0.2, 0.25) is 10.0 Å². The fraction of sp³-hybridized carbons (Fsp3) is 0.538. The molecule has 2 rings (SSSR count). The summed E-state index contributed by atoms with van der Waals surface area (Å²) < 4.78 is 52.8. The van der Waals surface area contributed by atoms with Crippen molar-refractivity contribution in [2.24, 2.45) is 0 Å². The molecule has 4 nitrogen and oxygen atoms in total. The molecule has 112 valence electrons. The maximum Gasteiger partial charge on any atom is 0.243 e. The molecule has 1 atom stereocenters. The van der Waals surface area contributed by atoms with Gasteiger partial charge in [-0.3, -0.25) is 0 Å². The summed E-state index contributed by atoms with van der Waals surface area (Å²) in [6.45, 7) is 0.982. The Morgan fingerprint density at radius 3 is 2.40 bits per heavy atom. The second-order valence-corrected chi connectivity index (χ2v) is 7.17. The van der Waals surface area contributed by atoms with Crippen LogP contribution >= 0.6 is 0 Å². The Labute approximate surface area is 118 Å². The Hall–Kier alpha value is -1.05. The van der Waals surface area contributed by atoms with E-state index < -0.39 is 21.7 Å². The topological polar surface area (TPSA) is 40.6 Å². The van der Waals surface area contributed by atoms with Gasteiger partial charge in [0.15, 0.2) is 0 Å². The lowest BCUT2D eigenvalue weighted by Gasteiger charge is -2.26. The average molecular weight is 304 g/mol. The molecule has 0 saturated carbocycles. The van der Waals surface area contributed by atoms with Gasteiger partial charge in [0.25, 0.3) is 0 Å². The second-order valence-electron chi connectivity index (χ2n) is 5.28. The van der Waals surface area contributed by atoms with Gasteiger partial charge < -0.3 is 4.90 Å². The van der Waals surface area contributed by atoms with Crippen molar-refractivity contribution in [2.45, 2.75) is 23.8 Å². The summed E-state index contributed by atoms with van der Waals surface area (Å²) in [4.78, 5) is 1.59. The fourth-order valence-electron chi connectivity index (χ4n) is 2.54. The third kappa shape index (κ3) is 3.16. The average Bonchev–Trinajstić information content (AvgIpc) is 2.75. The van der Waals surface area contributed by atoms with E-state index in [0.29, 0.717) is 19.2 Å². The minimum absolute atomic E-state index is 0.152. The zero-order chi connectivity index (χ0) is 14.9. The van der Waals surface area contributed by atoms with E-state index in [1.807, 2.05) is 19.0 Å². The summed E-state index contributed by atoms with van der Waals surface area (Å²) in [6.07, 6.45) is 1.52. The first-order chi connectivity index (χ1) is 9.30. The van der Waals surface area contributed by atoms with Gasteiger partial charge >= 0.3 is 0 Å². The Balaban J connectivity index is 2.33. The lowest BCUT2D eigenvalue weighted by molar-refractivity contribution is 0.291. The van der Waals surface area contributed by atoms with Crippen molar-refractivity contribution in [1.82, 2.24) is 9.21 Å². The Morgan fingerprint density at radius 1 is 1.25 bits per heavy atom. The predicted octanol–water partition coefficient (Wildman–Crippen LogP) is 1.68. The van der Waals surface area contributed by atoms with Gasteiger partial charge in [0, 0.05) is 25.2 Å². The van der Waals surface area contributed by atoms with Crippen molar-refractivity contribution in [2.75, 3.05) is 27.2 Å². The molecule has 1 aliphatic heterocycles. The van der Waals surface area contributed by atoms with E-state index >= 15 is 0 Å². The van der Waals surface area contributed by atoms with E-state index in [9.17, 15) is 17.2 Å². The van der Waals surface area contributed by atoms with Crippen LogP contribution in [0.2, 0.25) is 0 Å². The fourth-order valence-corrected chi connectivity index (χ4v) is 4.27. The smallest absolute Gasteiger partial charge is 0.243 e. The van der Waals surface area contributed by atoms with Crippen LogP contribution in [0.1, 0.15) is 12.8 Å². The highest BCUT2D eigenvalue weighted by molar-refractivity contribution is 7.89. The third-order valence-corrected chi connectivity index (χ3v) is 5.27. The van der Waals surface area contributed by atoms with Crippen LogP contribution in [0, 0.1) is 11.6 Å². The van der Waals surface area contributed by atoms with Gasteiger partial charge in [-0.05, 0) is 39.1 Å². The van der Waals surface area contributed by atoms with Crippen LogP contribution in [-0.4, -0.2) is 50.8 Å². The molecule has 0 N–H and O–H groups in total. The molecular weight excluding hydrogens is 286 g/mol. The molecular formula is C13H18F2N2O2S. The van der Waals surface area contributed by atoms with Crippen LogP contribution in [0.15, 0.2) is 23.1 Å². The molecule has 20 heavy (non-hydrogen) atoms. The molecule has 1 fully saturated rings. The van der Waals surface area contributed by atoms with Crippen LogP contribution in [0.3, 0.4) is 0 Å². The summed E-state index contributed by atoms with van der Waals surface area (Å²) in [5, 5.41) is 0. The number of sulfonamides is 1. The van der Waals surface area contributed by atoms with Crippen LogP contribution in [0.25, 0.3) is 0 Å². The molecule has 0 radical (unpaired) electrons. The molecule has 1 saturated heterocycles. The van der Waals surface area contributed by atoms with E-state index in [0.717, 1.165) is 25.0 Å². The highest BCUT2D eigenvalue weighted by Crippen LogP contribution is 2.27. The molecule has 1 aromatic carbocycles. The molecule has 0 spiro atoms. The summed E-state index contributed by atoms with van der Waals surface area (Å²) >= 11 is 0. The van der Waals surface area contributed by atoms with E-state index in [-0.39, 0.29) is 10.9 Å². The molecule has 1 aliphatic rings. The SMILES string of the molecule is CN(C)CC1CCCN1S(=O)(=O)c1cc(F)cc(F)c1. The quantitative estimate of drug-likeness (QED) is 0.850. The maximum absolute atomic E-state index is 13.2. The minimum Gasteiger partial charge on any atom is -0.308 e. The molecule has 1 unspecified atom stereocenters. The Morgan fingerprint density at radius 2 is 1.85 bits per heavy atom. The summed E-state index contributed by atoms with van der Waals surface area (Å²) in [6, 6.07) is 2.24. The van der Waals surface area contributed by atoms with Crippen molar-refractivity contribution in [1.29, 1.82) is 0 Å². The lowest BCUT2D eigenvalue weighted by atomic mass is 10.2. The predicted molar refractivity (Wildman–Crippen MR) is 71.8 cm³/mol. The first-order valence-electron chi connectivity index (χ1n) is 6.43. The number of rotatable bonds is 4. The molecule has 0 bridgehead atoms. The van der Waals surface area contributed by atoms with Gasteiger partial charge in [-0.2, -0.15) is 4.31 Å². The van der Waals surface area contributed by atoms with Crippen LogP contribution < -0.4 is 0 Å². The molecule has 1 heterocycles. The van der Waals surface area contributed by atoms with Crippen LogP contribution in [-0.2, 0) is 10.0 Å². The first-order valence-corrected chi connectivity index (χ1v) is 7.87. The number of likely N-dealkylation sites (N-methyl/N-ethyl adjacent to an activating group) is 1. The number of hydrogen-bond donors (Lipinski definition) is 0. The van der Waals surface area contributed by atoms with Gasteiger partial charge in [0.05, 0.1) is 4.90 Å². The van der Waals surface area contributed by atoms with E-state index in [2.05, 4.69) is 0 Å². The van der Waals surface area contributed by atoms with Crippen molar-refractivity contribution >= 4 is 10.0 Å². The minimum atomic E-state index is -3.85.